The molecule has 0 bridgehead atoms. The van der Waals surface area contributed by atoms with Crippen molar-refractivity contribution < 1.29 is 9.53 Å². The number of benzene rings is 2. The molecule has 0 aliphatic carbocycles. The maximum atomic E-state index is 11.6. The molecule has 3 nitrogen and oxygen atoms in total. The highest BCUT2D eigenvalue weighted by atomic mass is 16.5. The summed E-state index contributed by atoms with van der Waals surface area (Å²) in [5.41, 5.74) is 2.97. The molecular weight excluding hydrogens is 262 g/mol. The largest absolute Gasteiger partial charge is 0.466 e. The average molecular weight is 279 g/mol. The van der Waals surface area contributed by atoms with E-state index in [0.717, 1.165) is 16.7 Å². The van der Waals surface area contributed by atoms with Crippen molar-refractivity contribution in [1.82, 2.24) is 0 Å². The van der Waals surface area contributed by atoms with Crippen LogP contribution < -0.4 is 0 Å². The predicted octanol–water partition coefficient (Wildman–Crippen LogP) is 3.91. The molecule has 0 heterocycles. The van der Waals surface area contributed by atoms with Crippen molar-refractivity contribution in [3.8, 4) is 17.2 Å². The van der Waals surface area contributed by atoms with Gasteiger partial charge in [0.25, 0.3) is 0 Å². The third-order valence-electron chi connectivity index (χ3n) is 3.23. The van der Waals surface area contributed by atoms with Gasteiger partial charge in [-0.25, -0.2) is 0 Å². The Bertz CT molecular complexity index is 644. The summed E-state index contributed by atoms with van der Waals surface area (Å²) in [6.07, 6.45) is 0.0859. The van der Waals surface area contributed by atoms with Gasteiger partial charge < -0.3 is 4.74 Å². The van der Waals surface area contributed by atoms with E-state index in [9.17, 15) is 10.1 Å². The average Bonchev–Trinajstić information content (AvgIpc) is 2.54. The monoisotopic (exact) mass is 279 g/mol. The Hall–Kier alpha value is -2.60. The quantitative estimate of drug-likeness (QED) is 0.779. The fourth-order valence-electron chi connectivity index (χ4n) is 2.19. The molecule has 21 heavy (non-hydrogen) atoms. The van der Waals surface area contributed by atoms with E-state index in [2.05, 4.69) is 6.07 Å². The smallest absolute Gasteiger partial charge is 0.307 e. The van der Waals surface area contributed by atoms with Crippen molar-refractivity contribution in [3.63, 3.8) is 0 Å². The highest BCUT2D eigenvalue weighted by molar-refractivity contribution is 5.72. The summed E-state index contributed by atoms with van der Waals surface area (Å²) < 4.78 is 4.92. The second-order valence-corrected chi connectivity index (χ2v) is 4.68. The highest BCUT2D eigenvalue weighted by Crippen LogP contribution is 2.25. The van der Waals surface area contributed by atoms with Gasteiger partial charge in [-0.05, 0) is 29.7 Å². The van der Waals surface area contributed by atoms with Gasteiger partial charge in [-0.3, -0.25) is 4.79 Å². The Balaban J connectivity index is 2.23. The maximum absolute atomic E-state index is 11.6. The molecule has 1 unspecified atom stereocenters. The van der Waals surface area contributed by atoms with E-state index in [0.29, 0.717) is 6.61 Å². The van der Waals surface area contributed by atoms with Crippen LogP contribution in [0.3, 0.4) is 0 Å². The molecule has 3 heteroatoms. The van der Waals surface area contributed by atoms with E-state index in [1.165, 1.54) is 0 Å². The van der Waals surface area contributed by atoms with Crippen molar-refractivity contribution in [3.05, 3.63) is 60.2 Å². The van der Waals surface area contributed by atoms with E-state index < -0.39 is 5.92 Å². The number of carbonyl (C=O) groups is 1. The van der Waals surface area contributed by atoms with Gasteiger partial charge in [-0.15, -0.1) is 0 Å². The van der Waals surface area contributed by atoms with Gasteiger partial charge in [0.2, 0.25) is 0 Å². The first-order valence-corrected chi connectivity index (χ1v) is 6.95. The molecule has 0 aliphatic heterocycles. The lowest BCUT2D eigenvalue weighted by Crippen LogP contribution is -2.09. The van der Waals surface area contributed by atoms with Crippen molar-refractivity contribution >= 4 is 5.97 Å². The number of hydrogen-bond donors (Lipinski definition) is 0. The van der Waals surface area contributed by atoms with Crippen LogP contribution in [0.4, 0.5) is 0 Å². The minimum absolute atomic E-state index is 0.0859. The Kier molecular flexibility index (Phi) is 5.11. The first-order chi connectivity index (χ1) is 10.2. The first-order valence-electron chi connectivity index (χ1n) is 6.95. The lowest BCUT2D eigenvalue weighted by Gasteiger charge is -2.10. The van der Waals surface area contributed by atoms with Crippen LogP contribution in [-0.4, -0.2) is 12.6 Å². The molecule has 1 atom stereocenters. The molecular formula is C18H17NO2. The van der Waals surface area contributed by atoms with Crippen molar-refractivity contribution in [2.24, 2.45) is 0 Å². The topological polar surface area (TPSA) is 50.1 Å². The van der Waals surface area contributed by atoms with Crippen LogP contribution in [0.1, 0.15) is 24.8 Å². The molecule has 2 aromatic rings. The third kappa shape index (κ3) is 3.93. The number of rotatable bonds is 5. The molecule has 0 amide bonds. The third-order valence-corrected chi connectivity index (χ3v) is 3.23. The molecule has 0 fully saturated rings. The highest BCUT2D eigenvalue weighted by Gasteiger charge is 2.16. The standard InChI is InChI=1S/C18H17NO2/c1-2-21-18(20)12-17(13-19)16-10-6-9-15(11-16)14-7-4-3-5-8-14/h3-11,17H,2,12H2,1H3. The zero-order chi connectivity index (χ0) is 15.1. The molecule has 0 saturated heterocycles. The van der Waals surface area contributed by atoms with Crippen molar-refractivity contribution in [1.29, 1.82) is 5.26 Å². The van der Waals surface area contributed by atoms with Crippen LogP contribution in [0.15, 0.2) is 54.6 Å². The minimum atomic E-state index is -0.479. The molecule has 0 aromatic heterocycles. The molecule has 2 rings (SSSR count). The summed E-state index contributed by atoms with van der Waals surface area (Å²) >= 11 is 0. The predicted molar refractivity (Wildman–Crippen MR) is 81.5 cm³/mol. The summed E-state index contributed by atoms with van der Waals surface area (Å²) in [6.45, 7) is 2.09. The van der Waals surface area contributed by atoms with E-state index in [4.69, 9.17) is 4.74 Å². The molecule has 0 radical (unpaired) electrons. The first kappa shape index (κ1) is 14.8. The van der Waals surface area contributed by atoms with Gasteiger partial charge in [0.05, 0.1) is 25.0 Å². The number of carbonyl (C=O) groups excluding carboxylic acids is 1. The van der Waals surface area contributed by atoms with Crippen LogP contribution >= 0.6 is 0 Å². The number of esters is 1. The minimum Gasteiger partial charge on any atom is -0.466 e. The van der Waals surface area contributed by atoms with Gasteiger partial charge in [0, 0.05) is 0 Å². The zero-order valence-electron chi connectivity index (χ0n) is 12.0. The summed E-state index contributed by atoms with van der Waals surface area (Å²) in [5.74, 6) is -0.818. The Morgan fingerprint density at radius 2 is 1.86 bits per heavy atom. The summed E-state index contributed by atoms with van der Waals surface area (Å²) in [7, 11) is 0. The maximum Gasteiger partial charge on any atom is 0.307 e. The summed E-state index contributed by atoms with van der Waals surface area (Å²) in [6, 6.07) is 19.9. The van der Waals surface area contributed by atoms with Crippen LogP contribution in [0.2, 0.25) is 0 Å². The van der Waals surface area contributed by atoms with Crippen molar-refractivity contribution in [2.75, 3.05) is 6.61 Å². The fourth-order valence-corrected chi connectivity index (χ4v) is 2.19. The second-order valence-electron chi connectivity index (χ2n) is 4.68. The van der Waals surface area contributed by atoms with E-state index in [1.807, 2.05) is 54.6 Å². The number of nitrogens with zero attached hydrogens (tertiary/aromatic N) is 1. The Morgan fingerprint density at radius 1 is 1.14 bits per heavy atom. The van der Waals surface area contributed by atoms with E-state index in [-0.39, 0.29) is 12.4 Å². The molecule has 0 spiro atoms. The van der Waals surface area contributed by atoms with E-state index >= 15 is 0 Å². The van der Waals surface area contributed by atoms with Gasteiger partial charge in [0.15, 0.2) is 0 Å². The van der Waals surface area contributed by atoms with Crippen molar-refractivity contribution in [2.45, 2.75) is 19.3 Å². The van der Waals surface area contributed by atoms with Gasteiger partial charge in [-0.2, -0.15) is 5.26 Å². The fraction of sp³-hybridized carbons (Fsp3) is 0.222. The van der Waals surface area contributed by atoms with Crippen LogP contribution in [0.5, 0.6) is 0 Å². The molecule has 0 N–H and O–H groups in total. The molecule has 0 aliphatic rings. The van der Waals surface area contributed by atoms with Gasteiger partial charge in [-0.1, -0.05) is 48.5 Å². The molecule has 106 valence electrons. The number of nitriles is 1. The van der Waals surface area contributed by atoms with Gasteiger partial charge >= 0.3 is 5.97 Å². The summed E-state index contributed by atoms with van der Waals surface area (Å²) in [4.78, 5) is 11.6. The van der Waals surface area contributed by atoms with E-state index in [1.54, 1.807) is 6.92 Å². The normalized spacial score (nSPS) is 11.4. The van der Waals surface area contributed by atoms with Gasteiger partial charge in [0.1, 0.15) is 0 Å². The van der Waals surface area contributed by atoms with Crippen LogP contribution in [-0.2, 0) is 9.53 Å². The lowest BCUT2D eigenvalue weighted by molar-refractivity contribution is -0.143. The Morgan fingerprint density at radius 3 is 2.52 bits per heavy atom. The molecule has 0 saturated carbocycles. The summed E-state index contributed by atoms with van der Waals surface area (Å²) in [5, 5.41) is 9.30. The van der Waals surface area contributed by atoms with Crippen LogP contribution in [0.25, 0.3) is 11.1 Å². The SMILES string of the molecule is CCOC(=O)CC(C#N)c1cccc(-c2ccccc2)c1. The molecule has 2 aromatic carbocycles. The number of hydrogen-bond acceptors (Lipinski definition) is 3. The Labute approximate surface area is 124 Å². The number of ether oxygens (including phenoxy) is 1. The van der Waals surface area contributed by atoms with Crippen LogP contribution in [0, 0.1) is 11.3 Å². The second kappa shape index (κ2) is 7.25. The lowest BCUT2D eigenvalue weighted by atomic mass is 9.94. The zero-order valence-corrected chi connectivity index (χ0v) is 12.0.